The number of hydrogen-bond acceptors (Lipinski definition) is 3. The molecule has 1 nitrogen and oxygen atoms in total. The van der Waals surface area contributed by atoms with Crippen molar-refractivity contribution in [3.8, 4) is 0 Å². The van der Waals surface area contributed by atoms with Gasteiger partial charge in [0.25, 0.3) is 0 Å². The SMILES string of the molecule is CC1CC(C)(C)S[P@](C)(=S)O1. The fraction of sp³-hybridized carbons (Fsp3) is 1.00. The third-order valence-corrected chi connectivity index (χ3v) is 6.96. The van der Waals surface area contributed by atoms with Crippen molar-refractivity contribution in [1.82, 2.24) is 0 Å². The van der Waals surface area contributed by atoms with E-state index >= 15 is 0 Å². The van der Waals surface area contributed by atoms with Gasteiger partial charge < -0.3 is 4.52 Å². The lowest BCUT2D eigenvalue weighted by molar-refractivity contribution is 0.221. The first-order valence-corrected chi connectivity index (χ1v) is 8.36. The first kappa shape index (κ1) is 10.0. The summed E-state index contributed by atoms with van der Waals surface area (Å²) in [6, 6.07) is 0. The van der Waals surface area contributed by atoms with Crippen molar-refractivity contribution in [2.45, 2.75) is 38.0 Å². The average molecular weight is 210 g/mol. The van der Waals surface area contributed by atoms with E-state index in [1.807, 2.05) is 11.4 Å². The highest BCUT2D eigenvalue weighted by atomic mass is 32.9. The Hall–Kier alpha value is 0.960. The smallest absolute Gasteiger partial charge is 0.117 e. The highest BCUT2D eigenvalue weighted by Gasteiger charge is 2.34. The molecule has 0 aromatic carbocycles. The second-order valence-electron chi connectivity index (χ2n) is 3.74. The van der Waals surface area contributed by atoms with Gasteiger partial charge in [0.2, 0.25) is 0 Å². The minimum Gasteiger partial charge on any atom is -0.339 e. The lowest BCUT2D eigenvalue weighted by Crippen LogP contribution is -2.27. The normalized spacial score (nSPS) is 43.8. The molecule has 1 aliphatic rings. The van der Waals surface area contributed by atoms with Gasteiger partial charge in [-0.2, -0.15) is 0 Å². The highest BCUT2D eigenvalue weighted by molar-refractivity contribution is 8.69. The number of rotatable bonds is 0. The van der Waals surface area contributed by atoms with Gasteiger partial charge in [0.1, 0.15) is 5.47 Å². The van der Waals surface area contributed by atoms with Gasteiger partial charge in [-0.3, -0.25) is 0 Å². The maximum atomic E-state index is 5.70. The van der Waals surface area contributed by atoms with Gasteiger partial charge in [-0.25, -0.2) is 0 Å². The Morgan fingerprint density at radius 1 is 1.64 bits per heavy atom. The molecule has 0 aromatic rings. The molecule has 0 aliphatic carbocycles. The predicted octanol–water partition coefficient (Wildman–Crippen LogP) is 3.25. The van der Waals surface area contributed by atoms with E-state index in [-0.39, 0.29) is 0 Å². The second-order valence-corrected chi connectivity index (χ2v) is 12.2. The average Bonchev–Trinajstić information content (AvgIpc) is 1.49. The molecule has 1 rings (SSSR count). The van der Waals surface area contributed by atoms with E-state index in [0.717, 1.165) is 6.42 Å². The fourth-order valence-electron chi connectivity index (χ4n) is 1.56. The van der Waals surface area contributed by atoms with Crippen LogP contribution >= 0.6 is 16.8 Å². The standard InChI is InChI=1S/C7H15OPS2/c1-6-5-7(2,3)11-9(4,10)8-6/h6H,5H2,1-4H3/t6?,9-/m0/s1. The van der Waals surface area contributed by atoms with Crippen LogP contribution in [0, 0.1) is 0 Å². The molecule has 11 heavy (non-hydrogen) atoms. The zero-order valence-corrected chi connectivity index (χ0v) is 9.98. The van der Waals surface area contributed by atoms with Gasteiger partial charge in [-0.05, 0) is 20.0 Å². The summed E-state index contributed by atoms with van der Waals surface area (Å²) in [6.07, 6.45) is 1.46. The van der Waals surface area contributed by atoms with Gasteiger partial charge >= 0.3 is 0 Å². The van der Waals surface area contributed by atoms with Crippen molar-refractivity contribution >= 4 is 28.7 Å². The van der Waals surface area contributed by atoms with Crippen LogP contribution in [0.4, 0.5) is 0 Å². The zero-order valence-electron chi connectivity index (χ0n) is 7.46. The molecule has 66 valence electrons. The van der Waals surface area contributed by atoms with E-state index in [1.54, 1.807) is 0 Å². The van der Waals surface area contributed by atoms with Crippen molar-refractivity contribution in [2.24, 2.45) is 0 Å². The van der Waals surface area contributed by atoms with Crippen LogP contribution in [0.5, 0.6) is 0 Å². The molecule has 1 aliphatic heterocycles. The maximum absolute atomic E-state index is 5.70. The van der Waals surface area contributed by atoms with Gasteiger partial charge in [0.15, 0.2) is 0 Å². The Balaban J connectivity index is 2.74. The van der Waals surface area contributed by atoms with Crippen molar-refractivity contribution in [3.05, 3.63) is 0 Å². The van der Waals surface area contributed by atoms with Crippen LogP contribution in [-0.4, -0.2) is 17.5 Å². The molecule has 2 atom stereocenters. The number of hydrogen-bond donors (Lipinski definition) is 0. The van der Waals surface area contributed by atoms with Gasteiger partial charge in [-0.1, -0.05) is 37.0 Å². The van der Waals surface area contributed by atoms with Crippen LogP contribution < -0.4 is 0 Å². The summed E-state index contributed by atoms with van der Waals surface area (Å²) in [5.74, 6) is 0. The van der Waals surface area contributed by atoms with E-state index in [9.17, 15) is 0 Å². The van der Waals surface area contributed by atoms with Crippen LogP contribution in [-0.2, 0) is 16.3 Å². The molecule has 1 fully saturated rings. The first-order chi connectivity index (χ1) is 4.81. The van der Waals surface area contributed by atoms with Crippen molar-refractivity contribution in [3.63, 3.8) is 0 Å². The predicted molar refractivity (Wildman–Crippen MR) is 57.0 cm³/mol. The van der Waals surface area contributed by atoms with E-state index in [0.29, 0.717) is 10.9 Å². The van der Waals surface area contributed by atoms with Crippen LogP contribution in [0.1, 0.15) is 27.2 Å². The van der Waals surface area contributed by atoms with E-state index in [2.05, 4.69) is 27.4 Å². The van der Waals surface area contributed by atoms with Crippen LogP contribution in [0.3, 0.4) is 0 Å². The monoisotopic (exact) mass is 210 g/mol. The van der Waals surface area contributed by atoms with Crippen molar-refractivity contribution in [2.75, 3.05) is 6.66 Å². The maximum Gasteiger partial charge on any atom is 0.117 e. The quantitative estimate of drug-likeness (QED) is 0.568. The lowest BCUT2D eigenvalue weighted by Gasteiger charge is -2.38. The molecular weight excluding hydrogens is 195 g/mol. The summed E-state index contributed by atoms with van der Waals surface area (Å²) in [4.78, 5) is 0. The molecular formula is C7H15OPS2. The Labute approximate surface area is 78.1 Å². The largest absolute Gasteiger partial charge is 0.339 e. The minimum atomic E-state index is -1.51. The minimum absolute atomic E-state index is 0.321. The summed E-state index contributed by atoms with van der Waals surface area (Å²) < 4.78 is 6.02. The fourth-order valence-corrected chi connectivity index (χ4v) is 9.29. The summed E-state index contributed by atoms with van der Waals surface area (Å²) in [6.45, 7) is 8.69. The van der Waals surface area contributed by atoms with Gasteiger partial charge in [0.05, 0.1) is 6.10 Å². The Morgan fingerprint density at radius 2 is 2.18 bits per heavy atom. The summed E-state index contributed by atoms with van der Waals surface area (Å²) in [7, 11) is 0. The molecule has 0 spiro atoms. The Bertz CT molecular complexity index is 203. The van der Waals surface area contributed by atoms with Crippen LogP contribution in [0.2, 0.25) is 0 Å². The molecule has 1 heterocycles. The molecule has 1 unspecified atom stereocenters. The van der Waals surface area contributed by atoms with Crippen LogP contribution in [0.15, 0.2) is 0 Å². The Morgan fingerprint density at radius 3 is 2.55 bits per heavy atom. The molecule has 0 radical (unpaired) electrons. The van der Waals surface area contributed by atoms with Crippen LogP contribution in [0.25, 0.3) is 0 Å². The molecule has 0 amide bonds. The van der Waals surface area contributed by atoms with Gasteiger partial charge in [0, 0.05) is 4.75 Å². The van der Waals surface area contributed by atoms with E-state index in [1.165, 1.54) is 0 Å². The topological polar surface area (TPSA) is 9.23 Å². The van der Waals surface area contributed by atoms with Crippen molar-refractivity contribution < 1.29 is 4.52 Å². The van der Waals surface area contributed by atoms with E-state index < -0.39 is 5.47 Å². The molecule has 0 aromatic heterocycles. The van der Waals surface area contributed by atoms with Crippen molar-refractivity contribution in [1.29, 1.82) is 0 Å². The molecule has 0 bridgehead atoms. The third kappa shape index (κ3) is 3.06. The molecule has 4 heteroatoms. The zero-order chi connectivity index (χ0) is 8.70. The molecule has 0 saturated carbocycles. The first-order valence-electron chi connectivity index (χ1n) is 3.77. The molecule has 1 saturated heterocycles. The van der Waals surface area contributed by atoms with E-state index in [4.69, 9.17) is 16.3 Å². The lowest BCUT2D eigenvalue weighted by atomic mass is 10.1. The molecule has 0 N–H and O–H groups in total. The highest BCUT2D eigenvalue weighted by Crippen LogP contribution is 2.66. The third-order valence-electron chi connectivity index (χ3n) is 1.56. The summed E-state index contributed by atoms with van der Waals surface area (Å²) in [5.41, 5.74) is -1.51. The Kier molecular flexibility index (Phi) is 2.76. The summed E-state index contributed by atoms with van der Waals surface area (Å²) >= 11 is 7.23. The second kappa shape index (κ2) is 3.02. The van der Waals surface area contributed by atoms with Gasteiger partial charge in [-0.15, -0.1) is 0 Å². The summed E-state index contributed by atoms with van der Waals surface area (Å²) in [5, 5.41) is 0.